The molecule has 3 rings (SSSR count). The number of carbonyl (C=O) groups is 2. The van der Waals surface area contributed by atoms with Gasteiger partial charge in [0.05, 0.1) is 12.5 Å². The van der Waals surface area contributed by atoms with Crippen LogP contribution in [0.15, 0.2) is 54.6 Å². The fourth-order valence-corrected chi connectivity index (χ4v) is 4.27. The number of hydrogen-bond donors (Lipinski definition) is 0. The summed E-state index contributed by atoms with van der Waals surface area (Å²) in [5.41, 5.74) is 3.44. The van der Waals surface area contributed by atoms with Crippen LogP contribution in [0.1, 0.15) is 49.7 Å². The molecule has 1 aliphatic heterocycles. The molecule has 5 nitrogen and oxygen atoms in total. The molecule has 0 aliphatic carbocycles. The van der Waals surface area contributed by atoms with Gasteiger partial charge in [-0.3, -0.25) is 9.59 Å². The molecular weight excluding hydrogens is 398 g/mol. The number of hydrogen-bond acceptors (Lipinski definition) is 3. The number of rotatable bonds is 9. The molecule has 168 valence electrons. The molecule has 1 heterocycles. The van der Waals surface area contributed by atoms with Crippen LogP contribution < -0.4 is 4.90 Å². The van der Waals surface area contributed by atoms with Gasteiger partial charge in [0.15, 0.2) is 0 Å². The van der Waals surface area contributed by atoms with E-state index in [1.807, 2.05) is 35.2 Å². The summed E-state index contributed by atoms with van der Waals surface area (Å²) < 4.78 is 0. The third-order valence-electron chi connectivity index (χ3n) is 6.30. The van der Waals surface area contributed by atoms with E-state index >= 15 is 0 Å². The third kappa shape index (κ3) is 6.95. The Hall–Kier alpha value is -3.13. The zero-order chi connectivity index (χ0) is 22.8. The van der Waals surface area contributed by atoms with Crippen molar-refractivity contribution in [1.82, 2.24) is 4.90 Å². The number of nitriles is 1. The van der Waals surface area contributed by atoms with Crippen LogP contribution in [-0.2, 0) is 16.0 Å². The minimum atomic E-state index is -0.104. The highest BCUT2D eigenvalue weighted by Gasteiger charge is 2.24. The van der Waals surface area contributed by atoms with Crippen molar-refractivity contribution in [2.75, 3.05) is 24.5 Å². The summed E-state index contributed by atoms with van der Waals surface area (Å²) in [5.74, 6) is 0.609. The number of anilines is 1. The van der Waals surface area contributed by atoms with E-state index in [1.165, 1.54) is 11.1 Å². The molecule has 32 heavy (non-hydrogen) atoms. The van der Waals surface area contributed by atoms with Gasteiger partial charge in [0.25, 0.3) is 0 Å². The van der Waals surface area contributed by atoms with E-state index in [2.05, 4.69) is 37.3 Å². The highest BCUT2D eigenvalue weighted by Crippen LogP contribution is 2.23. The quantitative estimate of drug-likeness (QED) is 0.568. The molecule has 0 radical (unpaired) electrons. The molecule has 0 N–H and O–H groups in total. The van der Waals surface area contributed by atoms with Crippen molar-refractivity contribution in [2.45, 2.75) is 51.9 Å². The number of para-hydroxylation sites is 1. The Morgan fingerprint density at radius 3 is 2.38 bits per heavy atom. The SMILES string of the molecule is Cc1ccc(CCC2CCN(C(=O)CCC(=O)N(CCC#N)c3ccccc3)CC2)cc1. The Kier molecular flexibility index (Phi) is 8.86. The Balaban J connectivity index is 1.42. The lowest BCUT2D eigenvalue weighted by atomic mass is 9.90. The van der Waals surface area contributed by atoms with Gasteiger partial charge in [-0.2, -0.15) is 5.26 Å². The van der Waals surface area contributed by atoms with Crippen LogP contribution in [0.3, 0.4) is 0 Å². The summed E-state index contributed by atoms with van der Waals surface area (Å²) in [6.07, 6.45) is 4.98. The zero-order valence-corrected chi connectivity index (χ0v) is 19.0. The number of benzene rings is 2. The number of amides is 2. The Labute approximate surface area is 191 Å². The molecule has 2 amide bonds. The highest BCUT2D eigenvalue weighted by molar-refractivity contribution is 5.95. The largest absolute Gasteiger partial charge is 0.343 e. The van der Waals surface area contributed by atoms with Crippen LogP contribution in [0.2, 0.25) is 0 Å². The fraction of sp³-hybridized carbons (Fsp3) is 0.444. The van der Waals surface area contributed by atoms with Gasteiger partial charge in [-0.05, 0) is 56.2 Å². The molecule has 1 fully saturated rings. The maximum Gasteiger partial charge on any atom is 0.227 e. The lowest BCUT2D eigenvalue weighted by Crippen LogP contribution is -2.39. The standard InChI is InChI=1S/C27H33N3O2/c1-22-8-10-23(11-9-22)12-13-24-16-20-29(21-17-24)26(31)14-15-27(32)30(19-5-18-28)25-6-3-2-4-7-25/h2-4,6-11,24H,5,12-17,19-21H2,1H3. The normalized spacial score (nSPS) is 14.1. The van der Waals surface area contributed by atoms with E-state index < -0.39 is 0 Å². The maximum absolute atomic E-state index is 12.8. The molecule has 0 bridgehead atoms. The van der Waals surface area contributed by atoms with Gasteiger partial charge >= 0.3 is 0 Å². The van der Waals surface area contributed by atoms with Crippen molar-refractivity contribution < 1.29 is 9.59 Å². The molecule has 0 unspecified atom stereocenters. The molecule has 0 saturated carbocycles. The zero-order valence-electron chi connectivity index (χ0n) is 19.0. The van der Waals surface area contributed by atoms with Crippen molar-refractivity contribution in [2.24, 2.45) is 5.92 Å². The fourth-order valence-electron chi connectivity index (χ4n) is 4.27. The van der Waals surface area contributed by atoms with Crippen molar-refractivity contribution >= 4 is 17.5 Å². The Morgan fingerprint density at radius 1 is 1.03 bits per heavy atom. The maximum atomic E-state index is 12.8. The van der Waals surface area contributed by atoms with Gasteiger partial charge in [0.2, 0.25) is 11.8 Å². The van der Waals surface area contributed by atoms with Crippen LogP contribution in [0.25, 0.3) is 0 Å². The van der Waals surface area contributed by atoms with E-state index in [0.717, 1.165) is 44.5 Å². The van der Waals surface area contributed by atoms with Crippen molar-refractivity contribution in [3.05, 3.63) is 65.7 Å². The number of carbonyl (C=O) groups excluding carboxylic acids is 2. The number of piperidine rings is 1. The van der Waals surface area contributed by atoms with Crippen LogP contribution in [0.4, 0.5) is 5.69 Å². The predicted octanol–water partition coefficient (Wildman–Crippen LogP) is 4.89. The molecule has 1 saturated heterocycles. The minimum absolute atomic E-state index is 0.0589. The third-order valence-corrected chi connectivity index (χ3v) is 6.30. The summed E-state index contributed by atoms with van der Waals surface area (Å²) in [7, 11) is 0. The van der Waals surface area contributed by atoms with Crippen LogP contribution in [0.5, 0.6) is 0 Å². The van der Waals surface area contributed by atoms with E-state index in [9.17, 15) is 9.59 Å². The first kappa shape index (κ1) is 23.5. The summed E-state index contributed by atoms with van der Waals surface area (Å²) in [6.45, 7) is 4.01. The average molecular weight is 432 g/mol. The topological polar surface area (TPSA) is 64.4 Å². The van der Waals surface area contributed by atoms with E-state index in [-0.39, 0.29) is 31.1 Å². The average Bonchev–Trinajstić information content (AvgIpc) is 2.83. The summed E-state index contributed by atoms with van der Waals surface area (Å²) in [6, 6.07) is 20.2. The highest BCUT2D eigenvalue weighted by atomic mass is 16.2. The van der Waals surface area contributed by atoms with Crippen molar-refractivity contribution in [3.63, 3.8) is 0 Å². The monoisotopic (exact) mass is 431 g/mol. The van der Waals surface area contributed by atoms with Gasteiger partial charge in [0, 0.05) is 38.2 Å². The molecule has 2 aromatic carbocycles. The first-order valence-electron chi connectivity index (χ1n) is 11.6. The molecule has 2 aromatic rings. The van der Waals surface area contributed by atoms with Crippen LogP contribution in [0, 0.1) is 24.2 Å². The lowest BCUT2D eigenvalue weighted by Gasteiger charge is -2.32. The molecule has 0 atom stereocenters. The first-order valence-corrected chi connectivity index (χ1v) is 11.6. The van der Waals surface area contributed by atoms with Crippen LogP contribution in [-0.4, -0.2) is 36.3 Å². The van der Waals surface area contributed by atoms with Gasteiger partial charge in [-0.25, -0.2) is 0 Å². The van der Waals surface area contributed by atoms with E-state index in [4.69, 9.17) is 5.26 Å². The van der Waals surface area contributed by atoms with Crippen molar-refractivity contribution in [1.29, 1.82) is 5.26 Å². The van der Waals surface area contributed by atoms with Crippen molar-refractivity contribution in [3.8, 4) is 6.07 Å². The summed E-state index contributed by atoms with van der Waals surface area (Å²) in [5, 5.41) is 8.92. The summed E-state index contributed by atoms with van der Waals surface area (Å²) in [4.78, 5) is 29.0. The van der Waals surface area contributed by atoms with E-state index in [1.54, 1.807) is 4.90 Å². The van der Waals surface area contributed by atoms with Gasteiger partial charge < -0.3 is 9.80 Å². The molecule has 5 heteroatoms. The number of likely N-dealkylation sites (tertiary alicyclic amines) is 1. The number of nitrogens with zero attached hydrogens (tertiary/aromatic N) is 3. The Bertz CT molecular complexity index is 910. The molecule has 0 aromatic heterocycles. The minimum Gasteiger partial charge on any atom is -0.343 e. The molecule has 0 spiro atoms. The van der Waals surface area contributed by atoms with E-state index in [0.29, 0.717) is 12.5 Å². The smallest absolute Gasteiger partial charge is 0.227 e. The predicted molar refractivity (Wildman–Crippen MR) is 127 cm³/mol. The second-order valence-electron chi connectivity index (χ2n) is 8.64. The van der Waals surface area contributed by atoms with Gasteiger partial charge in [-0.1, -0.05) is 48.0 Å². The molecular formula is C27H33N3O2. The van der Waals surface area contributed by atoms with Gasteiger partial charge in [0.1, 0.15) is 0 Å². The lowest BCUT2D eigenvalue weighted by molar-refractivity contribution is -0.134. The number of aryl methyl sites for hydroxylation is 2. The Morgan fingerprint density at radius 2 is 1.72 bits per heavy atom. The second-order valence-corrected chi connectivity index (χ2v) is 8.64. The first-order chi connectivity index (χ1) is 15.6. The molecule has 1 aliphatic rings. The summed E-state index contributed by atoms with van der Waals surface area (Å²) >= 11 is 0. The van der Waals surface area contributed by atoms with Crippen LogP contribution >= 0.6 is 0 Å². The second kappa shape index (κ2) is 12.0. The van der Waals surface area contributed by atoms with Gasteiger partial charge in [-0.15, -0.1) is 0 Å².